The number of nitrogens with one attached hydrogen (secondary N) is 1. The van der Waals surface area contributed by atoms with Crippen molar-refractivity contribution in [2.24, 2.45) is 0 Å². The Morgan fingerprint density at radius 2 is 1.83 bits per heavy atom. The highest BCUT2D eigenvalue weighted by atomic mass is 16.6. The Kier molecular flexibility index (Phi) is 8.35. The maximum absolute atomic E-state index is 12.4. The number of nitro groups is 1. The van der Waals surface area contributed by atoms with Gasteiger partial charge in [-0.15, -0.1) is 0 Å². The minimum absolute atomic E-state index is 0.0101. The minimum atomic E-state index is -0.470. The summed E-state index contributed by atoms with van der Waals surface area (Å²) in [5.41, 5.74) is -0.0101. The largest absolute Gasteiger partial charge is 0.457 e. The zero-order valence-electron chi connectivity index (χ0n) is 17.0. The van der Waals surface area contributed by atoms with Crippen LogP contribution in [0, 0.1) is 10.1 Å². The van der Waals surface area contributed by atoms with Crippen LogP contribution in [-0.4, -0.2) is 59.0 Å². The molecule has 9 nitrogen and oxygen atoms in total. The maximum atomic E-state index is 12.4. The summed E-state index contributed by atoms with van der Waals surface area (Å²) in [5.74, 6) is 1.28. The van der Waals surface area contributed by atoms with Crippen molar-refractivity contribution in [3.8, 4) is 11.5 Å². The van der Waals surface area contributed by atoms with E-state index in [1.807, 2.05) is 0 Å². The Morgan fingerprint density at radius 3 is 2.45 bits per heavy atom. The average molecular weight is 401 g/mol. The third-order valence-corrected chi connectivity index (χ3v) is 4.46. The van der Waals surface area contributed by atoms with E-state index in [2.05, 4.69) is 29.0 Å². The summed E-state index contributed by atoms with van der Waals surface area (Å²) in [6, 6.07) is 8.76. The van der Waals surface area contributed by atoms with Crippen LogP contribution in [0.4, 0.5) is 16.3 Å². The third kappa shape index (κ3) is 7.04. The number of pyridine rings is 1. The number of carbonyl (C=O) groups excluding carboxylic acids is 1. The maximum Gasteiger partial charge on any atom is 0.322 e. The molecule has 2 rings (SSSR count). The van der Waals surface area contributed by atoms with E-state index < -0.39 is 4.92 Å². The number of hydrogen-bond donors (Lipinski definition) is 1. The van der Waals surface area contributed by atoms with Gasteiger partial charge in [0.25, 0.3) is 5.69 Å². The van der Waals surface area contributed by atoms with E-state index in [4.69, 9.17) is 4.74 Å². The molecule has 1 N–H and O–H groups in total. The first-order chi connectivity index (χ1) is 13.9. The molecule has 0 fully saturated rings. The van der Waals surface area contributed by atoms with Gasteiger partial charge in [0, 0.05) is 38.0 Å². The van der Waals surface area contributed by atoms with Gasteiger partial charge in [-0.1, -0.05) is 13.8 Å². The van der Waals surface area contributed by atoms with Crippen LogP contribution < -0.4 is 10.1 Å². The SMILES string of the molecule is CCN(CC)CCCN(C)C(=O)Nc1cc(Oc2ccc([N+](=O)[O-])cc2)ccn1. The van der Waals surface area contributed by atoms with E-state index in [1.165, 1.54) is 30.5 Å². The summed E-state index contributed by atoms with van der Waals surface area (Å²) in [6.45, 7) is 7.83. The van der Waals surface area contributed by atoms with Gasteiger partial charge in [0.2, 0.25) is 0 Å². The van der Waals surface area contributed by atoms with Gasteiger partial charge in [-0.3, -0.25) is 15.4 Å². The molecule has 2 amide bonds. The normalized spacial score (nSPS) is 10.6. The van der Waals surface area contributed by atoms with Crippen LogP contribution in [0.3, 0.4) is 0 Å². The lowest BCUT2D eigenvalue weighted by atomic mass is 10.3. The lowest BCUT2D eigenvalue weighted by molar-refractivity contribution is -0.384. The quantitative estimate of drug-likeness (QED) is 0.477. The van der Waals surface area contributed by atoms with Crippen molar-refractivity contribution in [3.05, 3.63) is 52.7 Å². The summed E-state index contributed by atoms with van der Waals surface area (Å²) in [6.07, 6.45) is 2.42. The second kappa shape index (κ2) is 11.0. The molecular formula is C20H27N5O4. The number of amides is 2. The van der Waals surface area contributed by atoms with Crippen molar-refractivity contribution < 1.29 is 14.5 Å². The van der Waals surface area contributed by atoms with E-state index in [9.17, 15) is 14.9 Å². The number of carbonyl (C=O) groups is 1. The molecule has 0 spiro atoms. The van der Waals surface area contributed by atoms with Crippen LogP contribution in [-0.2, 0) is 0 Å². The summed E-state index contributed by atoms with van der Waals surface area (Å²) in [5, 5.41) is 13.5. The molecule has 29 heavy (non-hydrogen) atoms. The van der Waals surface area contributed by atoms with Crippen molar-refractivity contribution in [2.75, 3.05) is 38.5 Å². The van der Waals surface area contributed by atoms with Crippen molar-refractivity contribution in [1.82, 2.24) is 14.8 Å². The van der Waals surface area contributed by atoms with Crippen LogP contribution in [0.15, 0.2) is 42.6 Å². The van der Waals surface area contributed by atoms with E-state index >= 15 is 0 Å². The molecule has 156 valence electrons. The number of non-ortho nitro benzene ring substituents is 1. The molecule has 0 aliphatic rings. The van der Waals surface area contributed by atoms with Gasteiger partial charge in [0.15, 0.2) is 0 Å². The number of rotatable bonds is 10. The molecule has 2 aromatic rings. The van der Waals surface area contributed by atoms with Crippen LogP contribution >= 0.6 is 0 Å². The fourth-order valence-corrected chi connectivity index (χ4v) is 2.69. The van der Waals surface area contributed by atoms with Crippen LogP contribution in [0.25, 0.3) is 0 Å². The molecular weight excluding hydrogens is 374 g/mol. The molecule has 0 unspecified atom stereocenters. The number of hydrogen-bond acceptors (Lipinski definition) is 6. The summed E-state index contributed by atoms with van der Waals surface area (Å²) in [4.78, 5) is 30.7. The van der Waals surface area contributed by atoms with Crippen molar-refractivity contribution >= 4 is 17.5 Å². The number of nitro benzene ring substituents is 1. The zero-order valence-corrected chi connectivity index (χ0v) is 17.0. The molecule has 1 aromatic heterocycles. The number of anilines is 1. The van der Waals surface area contributed by atoms with Crippen molar-refractivity contribution in [2.45, 2.75) is 20.3 Å². The first-order valence-corrected chi connectivity index (χ1v) is 9.55. The van der Waals surface area contributed by atoms with Gasteiger partial charge in [-0.25, -0.2) is 9.78 Å². The number of benzene rings is 1. The molecule has 9 heteroatoms. The Bertz CT molecular complexity index is 809. The number of ether oxygens (including phenoxy) is 1. The first kappa shape index (κ1) is 22.1. The van der Waals surface area contributed by atoms with E-state index in [-0.39, 0.29) is 11.7 Å². The van der Waals surface area contributed by atoms with Gasteiger partial charge in [-0.05, 0) is 44.3 Å². The Hall–Kier alpha value is -3.20. The van der Waals surface area contributed by atoms with Crippen LogP contribution in [0.1, 0.15) is 20.3 Å². The highest BCUT2D eigenvalue weighted by Crippen LogP contribution is 2.25. The fraction of sp³-hybridized carbons (Fsp3) is 0.400. The zero-order chi connectivity index (χ0) is 21.2. The molecule has 0 radical (unpaired) electrons. The van der Waals surface area contributed by atoms with Crippen molar-refractivity contribution in [3.63, 3.8) is 0 Å². The number of aromatic nitrogens is 1. The monoisotopic (exact) mass is 401 g/mol. The predicted octanol–water partition coefficient (Wildman–Crippen LogP) is 3.98. The summed E-state index contributed by atoms with van der Waals surface area (Å²) in [7, 11) is 1.74. The molecule has 0 saturated carbocycles. The van der Waals surface area contributed by atoms with Crippen LogP contribution in [0.2, 0.25) is 0 Å². The van der Waals surface area contributed by atoms with E-state index in [0.29, 0.717) is 23.9 Å². The number of urea groups is 1. The second-order valence-electron chi connectivity index (χ2n) is 6.46. The minimum Gasteiger partial charge on any atom is -0.457 e. The Labute approximate surface area is 170 Å². The summed E-state index contributed by atoms with van der Waals surface area (Å²) < 4.78 is 5.68. The van der Waals surface area contributed by atoms with Gasteiger partial charge in [0.1, 0.15) is 17.3 Å². The van der Waals surface area contributed by atoms with E-state index in [0.717, 1.165) is 26.1 Å². The molecule has 1 heterocycles. The molecule has 0 bridgehead atoms. The summed E-state index contributed by atoms with van der Waals surface area (Å²) >= 11 is 0. The Morgan fingerprint density at radius 1 is 1.14 bits per heavy atom. The van der Waals surface area contributed by atoms with Gasteiger partial charge >= 0.3 is 6.03 Å². The average Bonchev–Trinajstić information content (AvgIpc) is 2.71. The lowest BCUT2D eigenvalue weighted by Crippen LogP contribution is -2.34. The highest BCUT2D eigenvalue weighted by Gasteiger charge is 2.11. The first-order valence-electron chi connectivity index (χ1n) is 9.55. The topological polar surface area (TPSA) is 101 Å². The standard InChI is InChI=1S/C20H27N5O4/c1-4-24(5-2)14-6-13-23(3)20(26)22-19-15-18(11-12-21-19)29-17-9-7-16(8-10-17)25(27)28/h7-12,15H,4-6,13-14H2,1-3H3,(H,21,22,26). The smallest absolute Gasteiger partial charge is 0.322 e. The fourth-order valence-electron chi connectivity index (χ4n) is 2.69. The molecule has 0 saturated heterocycles. The lowest BCUT2D eigenvalue weighted by Gasteiger charge is -2.21. The van der Waals surface area contributed by atoms with Crippen LogP contribution in [0.5, 0.6) is 11.5 Å². The number of nitrogens with zero attached hydrogens (tertiary/aromatic N) is 4. The predicted molar refractivity (Wildman–Crippen MR) is 111 cm³/mol. The Balaban J connectivity index is 1.89. The molecule has 0 aliphatic heterocycles. The van der Waals surface area contributed by atoms with Gasteiger partial charge < -0.3 is 14.5 Å². The van der Waals surface area contributed by atoms with Crippen molar-refractivity contribution in [1.29, 1.82) is 0 Å². The second-order valence-corrected chi connectivity index (χ2v) is 6.46. The molecule has 0 aliphatic carbocycles. The molecule has 1 aromatic carbocycles. The highest BCUT2D eigenvalue weighted by molar-refractivity contribution is 5.88. The third-order valence-electron chi connectivity index (χ3n) is 4.46. The van der Waals surface area contributed by atoms with Gasteiger partial charge in [-0.2, -0.15) is 0 Å². The molecule has 0 atom stereocenters. The van der Waals surface area contributed by atoms with E-state index in [1.54, 1.807) is 24.1 Å². The van der Waals surface area contributed by atoms with Gasteiger partial charge in [0.05, 0.1) is 4.92 Å².